The molecule has 0 bridgehead atoms. The van der Waals surface area contributed by atoms with Crippen molar-refractivity contribution < 1.29 is 0 Å². The highest BCUT2D eigenvalue weighted by Gasteiger charge is 2.35. The van der Waals surface area contributed by atoms with Crippen LogP contribution in [0.25, 0.3) is 102 Å². The first-order valence-electron chi connectivity index (χ1n) is 26.7. The molecule has 376 valence electrons. The van der Waals surface area contributed by atoms with Gasteiger partial charge in [0.05, 0.1) is 56.9 Å². The number of nitrogens with zero attached hydrogens (tertiary/aromatic N) is 8. The van der Waals surface area contributed by atoms with Crippen LogP contribution in [0.5, 0.6) is 0 Å². The van der Waals surface area contributed by atoms with Crippen molar-refractivity contribution >= 4 is 34.3 Å². The van der Waals surface area contributed by atoms with Crippen LogP contribution in [0.3, 0.4) is 0 Å². The molecule has 4 heterocycles. The fourth-order valence-electron chi connectivity index (χ4n) is 10.7. The zero-order valence-corrected chi connectivity index (χ0v) is 43.3. The van der Waals surface area contributed by atoms with Crippen LogP contribution in [0.2, 0.25) is 0 Å². The van der Waals surface area contributed by atoms with Crippen LogP contribution in [0, 0.1) is 0 Å². The lowest BCUT2D eigenvalue weighted by Crippen LogP contribution is -2.25. The molecule has 0 aliphatic carbocycles. The molecule has 0 spiro atoms. The summed E-state index contributed by atoms with van der Waals surface area (Å²) in [7, 11) is 0. The zero-order chi connectivity index (χ0) is 53.2. The normalized spacial score (nSPS) is 11.7. The first kappa shape index (κ1) is 47.5. The van der Waals surface area contributed by atoms with Crippen molar-refractivity contribution in [2.24, 2.45) is 0 Å². The van der Waals surface area contributed by atoms with Gasteiger partial charge in [-0.2, -0.15) is 0 Å². The molecule has 1 aliphatic rings. The number of benzene rings is 10. The Labute approximate surface area is 464 Å². The monoisotopic (exact) mass is 1020 g/mol. The summed E-state index contributed by atoms with van der Waals surface area (Å²) in [4.78, 5) is 37.0. The lowest BCUT2D eigenvalue weighted by molar-refractivity contribution is 1.09. The summed E-state index contributed by atoms with van der Waals surface area (Å²) in [5.41, 5.74) is 18.1. The average Bonchev–Trinajstić information content (AvgIpc) is 3.66. The van der Waals surface area contributed by atoms with E-state index in [2.05, 4.69) is 216 Å². The van der Waals surface area contributed by atoms with Crippen molar-refractivity contribution in [2.75, 3.05) is 9.80 Å². The van der Waals surface area contributed by atoms with E-state index in [9.17, 15) is 0 Å². The topological polar surface area (TPSA) is 83.8 Å². The Balaban J connectivity index is 1.07. The third kappa shape index (κ3) is 9.02. The molecular weight excluding hydrogens is 977 g/mol. The largest absolute Gasteiger partial charge is 0.306 e. The second-order valence-corrected chi connectivity index (χ2v) is 19.5. The molecule has 80 heavy (non-hydrogen) atoms. The summed E-state index contributed by atoms with van der Waals surface area (Å²) in [6.07, 6.45) is 0. The van der Waals surface area contributed by atoms with Crippen LogP contribution in [0.15, 0.2) is 291 Å². The molecule has 8 nitrogen and oxygen atoms in total. The highest BCUT2D eigenvalue weighted by Crippen LogP contribution is 2.57. The third-order valence-electron chi connectivity index (χ3n) is 14.4. The van der Waals surface area contributed by atoms with Gasteiger partial charge in [0.1, 0.15) is 5.82 Å². The fraction of sp³-hybridized carbons (Fsp3) is 0. The van der Waals surface area contributed by atoms with Gasteiger partial charge in [0, 0.05) is 56.1 Å². The first-order valence-corrected chi connectivity index (χ1v) is 26.7. The zero-order valence-electron chi connectivity index (χ0n) is 43.3. The quantitative estimate of drug-likeness (QED) is 0.127. The van der Waals surface area contributed by atoms with E-state index in [0.29, 0.717) is 17.5 Å². The van der Waals surface area contributed by atoms with E-state index >= 15 is 0 Å². The average molecular weight is 1030 g/mol. The smallest absolute Gasteiger partial charge is 0.162 e. The SMILES string of the molecule is c1ccc(-c2cc(-c3ccc(N4c5ccccc5N(c5cc(-c6ccccc6)nc(-c6ccccc6)n5)c5ccccc54)c(-c4cc(-c5ccccc5)nc(-c5ccccc5)n4)c3-c3ccccc3)nc(-c3ccccc3)n2)cc1. The molecule has 13 aromatic rings. The Morgan fingerprint density at radius 3 is 0.938 bits per heavy atom. The van der Waals surface area contributed by atoms with Crippen LogP contribution >= 0.6 is 0 Å². The molecule has 0 fully saturated rings. The summed E-state index contributed by atoms with van der Waals surface area (Å²) < 4.78 is 0. The molecule has 0 unspecified atom stereocenters. The van der Waals surface area contributed by atoms with Gasteiger partial charge in [-0.25, -0.2) is 29.9 Å². The van der Waals surface area contributed by atoms with E-state index in [4.69, 9.17) is 29.9 Å². The number of anilines is 6. The van der Waals surface area contributed by atoms with E-state index in [-0.39, 0.29) is 0 Å². The lowest BCUT2D eigenvalue weighted by Gasteiger charge is -2.41. The molecule has 0 saturated carbocycles. The van der Waals surface area contributed by atoms with Gasteiger partial charge in [0.2, 0.25) is 0 Å². The molecule has 0 radical (unpaired) electrons. The van der Waals surface area contributed by atoms with E-state index in [1.165, 1.54) is 0 Å². The van der Waals surface area contributed by atoms with Crippen molar-refractivity contribution in [1.29, 1.82) is 0 Å². The summed E-state index contributed by atoms with van der Waals surface area (Å²) in [5, 5.41) is 0. The summed E-state index contributed by atoms with van der Waals surface area (Å²) in [5.74, 6) is 2.60. The van der Waals surface area contributed by atoms with Crippen molar-refractivity contribution in [1.82, 2.24) is 29.9 Å². The Kier molecular flexibility index (Phi) is 12.4. The second-order valence-electron chi connectivity index (χ2n) is 19.5. The number of para-hydroxylation sites is 4. The number of aromatic nitrogens is 6. The van der Waals surface area contributed by atoms with Gasteiger partial charge in [-0.3, -0.25) is 4.90 Å². The number of hydrogen-bond acceptors (Lipinski definition) is 8. The van der Waals surface area contributed by atoms with Crippen LogP contribution < -0.4 is 9.80 Å². The number of hydrogen-bond donors (Lipinski definition) is 0. The van der Waals surface area contributed by atoms with Crippen molar-refractivity contribution in [3.63, 3.8) is 0 Å². The number of fused-ring (bicyclic) bond motifs is 2. The summed E-state index contributed by atoms with van der Waals surface area (Å²) >= 11 is 0. The maximum atomic E-state index is 5.66. The Bertz CT molecular complexity index is 4120. The van der Waals surface area contributed by atoms with Crippen molar-refractivity contribution in [2.45, 2.75) is 0 Å². The van der Waals surface area contributed by atoms with Crippen molar-refractivity contribution in [3.05, 3.63) is 291 Å². The molecule has 0 saturated heterocycles. The van der Waals surface area contributed by atoms with Crippen LogP contribution in [-0.4, -0.2) is 29.9 Å². The summed E-state index contributed by atoms with van der Waals surface area (Å²) in [6.45, 7) is 0. The van der Waals surface area contributed by atoms with E-state index in [1.54, 1.807) is 0 Å². The molecule has 3 aromatic heterocycles. The predicted molar refractivity (Wildman–Crippen MR) is 325 cm³/mol. The Hall–Kier alpha value is -11.0. The van der Waals surface area contributed by atoms with Crippen LogP contribution in [0.4, 0.5) is 34.3 Å². The molecule has 14 rings (SSSR count). The van der Waals surface area contributed by atoms with E-state index < -0.39 is 0 Å². The second kappa shape index (κ2) is 20.9. The van der Waals surface area contributed by atoms with Gasteiger partial charge >= 0.3 is 0 Å². The van der Waals surface area contributed by atoms with Crippen LogP contribution in [0.1, 0.15) is 0 Å². The maximum absolute atomic E-state index is 5.66. The van der Waals surface area contributed by atoms with Crippen molar-refractivity contribution in [3.8, 4) is 102 Å². The van der Waals surface area contributed by atoms with Gasteiger partial charge in [-0.05, 0) is 48.0 Å². The van der Waals surface area contributed by atoms with E-state index in [1.807, 2.05) is 84.9 Å². The summed E-state index contributed by atoms with van der Waals surface area (Å²) in [6, 6.07) is 100. The molecule has 1 aliphatic heterocycles. The Morgan fingerprint density at radius 2 is 0.512 bits per heavy atom. The fourth-order valence-corrected chi connectivity index (χ4v) is 10.7. The third-order valence-corrected chi connectivity index (χ3v) is 14.4. The maximum Gasteiger partial charge on any atom is 0.162 e. The van der Waals surface area contributed by atoms with Gasteiger partial charge in [0.25, 0.3) is 0 Å². The minimum Gasteiger partial charge on any atom is -0.306 e. The van der Waals surface area contributed by atoms with Gasteiger partial charge in [-0.15, -0.1) is 0 Å². The molecule has 0 amide bonds. The van der Waals surface area contributed by atoms with E-state index in [0.717, 1.165) is 118 Å². The number of rotatable bonds is 11. The van der Waals surface area contributed by atoms with Gasteiger partial charge in [0.15, 0.2) is 17.5 Å². The Morgan fingerprint density at radius 1 is 0.200 bits per heavy atom. The molecule has 8 heteroatoms. The molecule has 0 N–H and O–H groups in total. The lowest BCUT2D eigenvalue weighted by atomic mass is 9.88. The van der Waals surface area contributed by atoms with Gasteiger partial charge in [-0.1, -0.05) is 243 Å². The molecular formula is C72H48N8. The van der Waals surface area contributed by atoms with Gasteiger partial charge < -0.3 is 4.90 Å². The minimum absolute atomic E-state index is 0.606. The standard InChI is InChI=1S/C72H48N8/c1-8-26-49(27-9-1)57-46-60(76-70(73-57)53-34-16-5-17-35-53)56-44-45-66(69(68(56)52-32-14-4-15-33-52)61-47-58(50-28-10-2-11-29-50)74-71(77-61)54-36-18-6-19-37-54)79-62-40-22-24-42-64(62)80(65-43-25-23-41-63(65)79)67-48-59(51-30-12-3-13-31-51)75-72(78-67)55-38-20-7-21-39-55/h1-48H. The predicted octanol–water partition coefficient (Wildman–Crippen LogP) is 18.3. The highest BCUT2D eigenvalue weighted by molar-refractivity contribution is 6.08. The molecule has 0 atom stereocenters. The molecule has 10 aromatic carbocycles. The minimum atomic E-state index is 0.606. The first-order chi connectivity index (χ1) is 39.7. The van der Waals surface area contributed by atoms with Crippen LogP contribution in [-0.2, 0) is 0 Å². The highest BCUT2D eigenvalue weighted by atomic mass is 15.3.